The Kier molecular flexibility index (Phi) is 3.99. The van der Waals surface area contributed by atoms with Crippen LogP contribution in [0.1, 0.15) is 24.0 Å². The summed E-state index contributed by atoms with van der Waals surface area (Å²) in [6, 6.07) is 14.9. The summed E-state index contributed by atoms with van der Waals surface area (Å²) < 4.78 is 39.6. The largest absolute Gasteiger partial charge is 0.417 e. The van der Waals surface area contributed by atoms with E-state index < -0.39 is 11.7 Å². The van der Waals surface area contributed by atoms with Crippen molar-refractivity contribution in [2.24, 2.45) is 5.92 Å². The second kappa shape index (κ2) is 5.96. The monoisotopic (exact) mass is 316 g/mol. The van der Waals surface area contributed by atoms with Crippen molar-refractivity contribution in [3.05, 3.63) is 59.7 Å². The van der Waals surface area contributed by atoms with E-state index in [4.69, 9.17) is 5.26 Å². The number of hydrogen-bond donors (Lipinski definition) is 0. The first-order valence-electron chi connectivity index (χ1n) is 7.43. The van der Waals surface area contributed by atoms with E-state index in [-0.39, 0.29) is 5.56 Å². The molecule has 2 aromatic rings. The van der Waals surface area contributed by atoms with Crippen LogP contribution in [0, 0.1) is 17.2 Å². The number of anilines is 2. The molecule has 0 spiro atoms. The van der Waals surface area contributed by atoms with Gasteiger partial charge in [0.05, 0.1) is 17.2 Å². The molecule has 0 aliphatic heterocycles. The van der Waals surface area contributed by atoms with Gasteiger partial charge < -0.3 is 4.90 Å². The normalized spacial score (nSPS) is 14.3. The Balaban J connectivity index is 2.04. The molecule has 0 atom stereocenters. The van der Waals surface area contributed by atoms with E-state index in [1.54, 1.807) is 12.1 Å². The second-order valence-corrected chi connectivity index (χ2v) is 5.73. The van der Waals surface area contributed by atoms with Gasteiger partial charge in [0.25, 0.3) is 0 Å². The van der Waals surface area contributed by atoms with Crippen molar-refractivity contribution in [2.75, 3.05) is 11.4 Å². The van der Waals surface area contributed by atoms with Gasteiger partial charge in [-0.3, -0.25) is 0 Å². The fraction of sp³-hybridized carbons (Fsp3) is 0.278. The number of benzene rings is 2. The van der Waals surface area contributed by atoms with Gasteiger partial charge in [-0.05, 0) is 49.1 Å². The quantitative estimate of drug-likeness (QED) is 0.782. The lowest BCUT2D eigenvalue weighted by atomic mass is 10.1. The summed E-state index contributed by atoms with van der Waals surface area (Å²) in [5, 5.41) is 8.92. The molecule has 5 heteroatoms. The molecule has 1 saturated carbocycles. The molecular formula is C18H15F3N2. The van der Waals surface area contributed by atoms with E-state index in [1.165, 1.54) is 6.07 Å². The minimum Gasteiger partial charge on any atom is -0.341 e. The Morgan fingerprint density at radius 1 is 1.04 bits per heavy atom. The minimum absolute atomic E-state index is 0.347. The third-order valence-electron chi connectivity index (χ3n) is 3.95. The summed E-state index contributed by atoms with van der Waals surface area (Å²) in [7, 11) is 0. The standard InChI is InChI=1S/C18H15F3N2/c19-18(20,21)17-10-16(9-8-14(17)11-22)23(12-13-6-7-13)15-4-2-1-3-5-15/h1-5,8-10,13H,6-7,12H2. The number of nitrogens with zero attached hydrogens (tertiary/aromatic N) is 2. The smallest absolute Gasteiger partial charge is 0.341 e. The Morgan fingerprint density at radius 2 is 1.74 bits per heavy atom. The SMILES string of the molecule is N#Cc1ccc(N(CC2CC2)c2ccccc2)cc1C(F)(F)F. The summed E-state index contributed by atoms with van der Waals surface area (Å²) in [4.78, 5) is 1.90. The maximum Gasteiger partial charge on any atom is 0.417 e. The Morgan fingerprint density at radius 3 is 2.30 bits per heavy atom. The van der Waals surface area contributed by atoms with Crippen LogP contribution >= 0.6 is 0 Å². The molecule has 0 amide bonds. The number of para-hydroxylation sites is 1. The molecule has 3 rings (SSSR count). The van der Waals surface area contributed by atoms with Crippen LogP contribution < -0.4 is 4.90 Å². The fourth-order valence-corrected chi connectivity index (χ4v) is 2.56. The van der Waals surface area contributed by atoms with Gasteiger partial charge in [0.1, 0.15) is 0 Å². The van der Waals surface area contributed by atoms with Crippen LogP contribution in [0.15, 0.2) is 48.5 Å². The van der Waals surface area contributed by atoms with Crippen molar-refractivity contribution in [3.8, 4) is 6.07 Å². The van der Waals surface area contributed by atoms with Crippen LogP contribution in [-0.4, -0.2) is 6.54 Å². The summed E-state index contributed by atoms with van der Waals surface area (Å²) in [6.07, 6.45) is -2.33. The molecule has 23 heavy (non-hydrogen) atoms. The highest BCUT2D eigenvalue weighted by atomic mass is 19.4. The van der Waals surface area contributed by atoms with Crippen molar-refractivity contribution in [1.29, 1.82) is 5.26 Å². The average Bonchev–Trinajstić information content (AvgIpc) is 3.36. The van der Waals surface area contributed by atoms with Crippen molar-refractivity contribution >= 4 is 11.4 Å². The summed E-state index contributed by atoms with van der Waals surface area (Å²) in [5.41, 5.74) is 0.0987. The van der Waals surface area contributed by atoms with Gasteiger partial charge in [-0.15, -0.1) is 0 Å². The molecule has 0 radical (unpaired) electrons. The number of alkyl halides is 3. The minimum atomic E-state index is -4.54. The first-order valence-corrected chi connectivity index (χ1v) is 7.43. The zero-order chi connectivity index (χ0) is 16.4. The second-order valence-electron chi connectivity index (χ2n) is 5.73. The Labute approximate surface area is 132 Å². The van der Waals surface area contributed by atoms with Gasteiger partial charge in [-0.1, -0.05) is 18.2 Å². The Bertz CT molecular complexity index is 728. The van der Waals surface area contributed by atoms with Crippen LogP contribution in [0.2, 0.25) is 0 Å². The van der Waals surface area contributed by atoms with Gasteiger partial charge >= 0.3 is 6.18 Å². The molecule has 1 fully saturated rings. The van der Waals surface area contributed by atoms with Crippen LogP contribution in [0.4, 0.5) is 24.5 Å². The zero-order valence-corrected chi connectivity index (χ0v) is 12.3. The Hall–Kier alpha value is -2.48. The van der Waals surface area contributed by atoms with Crippen LogP contribution in [0.5, 0.6) is 0 Å². The summed E-state index contributed by atoms with van der Waals surface area (Å²) in [6.45, 7) is 0.688. The average molecular weight is 316 g/mol. The third-order valence-corrected chi connectivity index (χ3v) is 3.95. The highest BCUT2D eigenvalue weighted by Gasteiger charge is 2.34. The molecule has 0 saturated heterocycles. The van der Waals surface area contributed by atoms with Gasteiger partial charge in [0.2, 0.25) is 0 Å². The predicted octanol–water partition coefficient (Wildman–Crippen LogP) is 5.13. The molecule has 2 aromatic carbocycles. The maximum atomic E-state index is 13.2. The molecule has 118 valence electrons. The predicted molar refractivity (Wildman–Crippen MR) is 82.3 cm³/mol. The van der Waals surface area contributed by atoms with Gasteiger partial charge in [-0.2, -0.15) is 18.4 Å². The topological polar surface area (TPSA) is 27.0 Å². The number of hydrogen-bond acceptors (Lipinski definition) is 2. The summed E-state index contributed by atoms with van der Waals surface area (Å²) >= 11 is 0. The molecule has 1 aliphatic carbocycles. The van der Waals surface area contributed by atoms with E-state index in [2.05, 4.69) is 0 Å². The molecule has 2 nitrogen and oxygen atoms in total. The molecule has 0 unspecified atom stereocenters. The van der Waals surface area contributed by atoms with E-state index >= 15 is 0 Å². The first kappa shape index (κ1) is 15.4. The van der Waals surface area contributed by atoms with Gasteiger partial charge in [0, 0.05) is 17.9 Å². The fourth-order valence-electron chi connectivity index (χ4n) is 2.56. The molecule has 0 aromatic heterocycles. The molecule has 1 aliphatic rings. The zero-order valence-electron chi connectivity index (χ0n) is 12.3. The van der Waals surface area contributed by atoms with Crippen molar-refractivity contribution < 1.29 is 13.2 Å². The maximum absolute atomic E-state index is 13.2. The van der Waals surface area contributed by atoms with E-state index in [0.717, 1.165) is 24.6 Å². The lowest BCUT2D eigenvalue weighted by molar-refractivity contribution is -0.137. The number of halogens is 3. The number of rotatable bonds is 4. The van der Waals surface area contributed by atoms with Crippen LogP contribution in [0.3, 0.4) is 0 Å². The molecule has 0 N–H and O–H groups in total. The van der Waals surface area contributed by atoms with Crippen LogP contribution in [-0.2, 0) is 6.18 Å². The summed E-state index contributed by atoms with van der Waals surface area (Å²) in [5.74, 6) is 0.514. The van der Waals surface area contributed by atoms with Crippen molar-refractivity contribution in [3.63, 3.8) is 0 Å². The first-order chi connectivity index (χ1) is 11.0. The molecule has 0 bridgehead atoms. The third kappa shape index (κ3) is 3.48. The van der Waals surface area contributed by atoms with Crippen LogP contribution in [0.25, 0.3) is 0 Å². The lowest BCUT2D eigenvalue weighted by Crippen LogP contribution is -2.21. The van der Waals surface area contributed by atoms with Gasteiger partial charge in [0.15, 0.2) is 0 Å². The highest BCUT2D eigenvalue weighted by molar-refractivity contribution is 5.65. The van der Waals surface area contributed by atoms with E-state index in [9.17, 15) is 13.2 Å². The van der Waals surface area contributed by atoms with Crippen molar-refractivity contribution in [2.45, 2.75) is 19.0 Å². The lowest BCUT2D eigenvalue weighted by Gasteiger charge is -2.26. The van der Waals surface area contributed by atoms with E-state index in [0.29, 0.717) is 18.2 Å². The van der Waals surface area contributed by atoms with Gasteiger partial charge in [-0.25, -0.2) is 0 Å². The number of nitriles is 1. The van der Waals surface area contributed by atoms with Crippen molar-refractivity contribution in [1.82, 2.24) is 0 Å². The highest BCUT2D eigenvalue weighted by Crippen LogP contribution is 2.38. The van der Waals surface area contributed by atoms with E-state index in [1.807, 2.05) is 35.2 Å². The molecule has 0 heterocycles. The molecular weight excluding hydrogens is 301 g/mol.